The average Bonchev–Trinajstić information content (AvgIpc) is 3.41. The summed E-state index contributed by atoms with van der Waals surface area (Å²) in [5.41, 5.74) is -3.97. The molecule has 1 saturated heterocycles. The van der Waals surface area contributed by atoms with E-state index in [1.165, 1.54) is 57.8 Å². The normalized spacial score (nSPS) is 23.7. The van der Waals surface area contributed by atoms with E-state index in [1.807, 2.05) is 0 Å². The minimum Gasteiger partial charge on any atom is -0.394 e. The summed E-state index contributed by atoms with van der Waals surface area (Å²) in [5.74, 6) is -0.529. The first kappa shape index (κ1) is 29.2. The lowest BCUT2D eigenvalue weighted by molar-refractivity contribution is -0.174. The zero-order chi connectivity index (χ0) is 26.8. The summed E-state index contributed by atoms with van der Waals surface area (Å²) in [6.45, 7) is 1.60. The molecule has 0 unspecified atom stereocenters. The number of aromatic nitrogens is 4. The number of aliphatic hydroxyl groups excluding tert-OH is 3. The second-order valence-corrected chi connectivity index (χ2v) is 10.1. The number of carbonyl (C=O) groups excluding carboxylic acids is 1. The molecule has 11 heteroatoms. The van der Waals surface area contributed by atoms with Gasteiger partial charge in [0.15, 0.2) is 11.3 Å². The summed E-state index contributed by atoms with van der Waals surface area (Å²) < 4.78 is 6.86. The number of nitrogens with one attached hydrogen (secondary N) is 2. The lowest BCUT2D eigenvalue weighted by Crippen LogP contribution is -2.52. The molecule has 0 bridgehead atoms. The number of hydrogen-bond acceptors (Lipinski definition) is 8. The number of imidazole rings is 1. The summed E-state index contributed by atoms with van der Waals surface area (Å²) in [6, 6.07) is 0. The maximum Gasteiger partial charge on any atom is 0.327 e. The van der Waals surface area contributed by atoms with Crippen molar-refractivity contribution in [1.82, 2.24) is 19.5 Å². The summed E-state index contributed by atoms with van der Waals surface area (Å²) in [6.07, 6.45) is 11.6. The van der Waals surface area contributed by atoms with E-state index < -0.39 is 47.7 Å². The van der Waals surface area contributed by atoms with Crippen LogP contribution in [0.4, 0.5) is 0 Å². The van der Waals surface area contributed by atoms with E-state index in [2.05, 4.69) is 21.9 Å². The molecule has 0 saturated carbocycles. The fraction of sp³-hybridized carbons (Fsp3) is 0.769. The van der Waals surface area contributed by atoms with Crippen LogP contribution in [-0.2, 0) is 15.3 Å². The lowest BCUT2D eigenvalue weighted by atomic mass is 9.94. The van der Waals surface area contributed by atoms with E-state index >= 15 is 0 Å². The predicted octanol–water partition coefficient (Wildman–Crippen LogP) is 2.23. The third-order valence-electron chi connectivity index (χ3n) is 7.32. The fourth-order valence-electron chi connectivity index (χ4n) is 5.18. The first-order valence-electron chi connectivity index (χ1n) is 13.7. The number of aromatic amines is 2. The largest absolute Gasteiger partial charge is 0.394 e. The van der Waals surface area contributed by atoms with Crippen LogP contribution in [0.5, 0.6) is 0 Å². The second-order valence-electron chi connectivity index (χ2n) is 10.1. The average molecular weight is 523 g/mol. The maximum absolute atomic E-state index is 13.5. The molecule has 2 aromatic heterocycles. The van der Waals surface area contributed by atoms with Gasteiger partial charge >= 0.3 is 5.69 Å². The highest BCUT2D eigenvalue weighted by Crippen LogP contribution is 2.39. The van der Waals surface area contributed by atoms with Crippen molar-refractivity contribution in [2.24, 2.45) is 0 Å². The van der Waals surface area contributed by atoms with Gasteiger partial charge in [-0.1, -0.05) is 84.0 Å². The van der Waals surface area contributed by atoms with Crippen molar-refractivity contribution >= 4 is 16.9 Å². The number of aliphatic hydroxyl groups is 3. The molecule has 4 atom stereocenters. The number of ether oxygens (including phenoxy) is 1. The molecule has 1 aliphatic rings. The predicted molar refractivity (Wildman–Crippen MR) is 138 cm³/mol. The molecule has 0 aromatic carbocycles. The molecule has 2 aromatic rings. The van der Waals surface area contributed by atoms with E-state index in [-0.39, 0.29) is 17.6 Å². The molecule has 0 radical (unpaired) electrons. The third-order valence-corrected chi connectivity index (χ3v) is 7.32. The standard InChI is InChI=1S/C26H42N4O7/c1-2-3-4-5-6-7-8-9-10-11-12-13-14-15-19(32)26(22(34)21(33)18(16-31)37-26)30-17-27-20-23(30)28-25(36)29-24(20)35/h17-18,21-22,31,33-34H,2-16H2,1H3,(H2,28,29,35,36)/t18-,21-,22-,26-/m1/s1. The Hall–Kier alpha value is -2.34. The van der Waals surface area contributed by atoms with Crippen molar-refractivity contribution in [3.63, 3.8) is 0 Å². The topological polar surface area (TPSA) is 171 Å². The van der Waals surface area contributed by atoms with Gasteiger partial charge in [-0.3, -0.25) is 24.1 Å². The number of H-pyrrole nitrogens is 2. The Morgan fingerprint density at radius 3 is 2.08 bits per heavy atom. The molecule has 3 heterocycles. The Bertz CT molecular complexity index is 1110. The number of hydrogen-bond donors (Lipinski definition) is 5. The Morgan fingerprint density at radius 1 is 0.973 bits per heavy atom. The number of ketones is 1. The van der Waals surface area contributed by atoms with E-state index in [9.17, 15) is 29.7 Å². The van der Waals surface area contributed by atoms with Gasteiger partial charge in [0.2, 0.25) is 5.72 Å². The van der Waals surface area contributed by atoms with Crippen LogP contribution in [0, 0.1) is 0 Å². The second kappa shape index (κ2) is 14.0. The molecule has 0 amide bonds. The number of Topliss-reactive ketones (excluding diaryl/α,β-unsaturated/α-hetero) is 1. The smallest absolute Gasteiger partial charge is 0.327 e. The third kappa shape index (κ3) is 6.76. The molecule has 1 fully saturated rings. The van der Waals surface area contributed by atoms with Crippen LogP contribution >= 0.6 is 0 Å². The van der Waals surface area contributed by atoms with Crippen LogP contribution in [0.15, 0.2) is 15.9 Å². The van der Waals surface area contributed by atoms with E-state index in [0.717, 1.165) is 30.2 Å². The Kier molecular flexibility index (Phi) is 11.0. The quantitative estimate of drug-likeness (QED) is 0.197. The summed E-state index contributed by atoms with van der Waals surface area (Å²) in [7, 11) is 0. The van der Waals surface area contributed by atoms with Crippen molar-refractivity contribution in [3.8, 4) is 0 Å². The molecular formula is C26H42N4O7. The number of nitrogens with zero attached hydrogens (tertiary/aromatic N) is 2. The zero-order valence-electron chi connectivity index (χ0n) is 21.8. The number of fused-ring (bicyclic) bond motifs is 1. The maximum atomic E-state index is 13.5. The van der Waals surface area contributed by atoms with Crippen LogP contribution in [-0.4, -0.2) is 65.5 Å². The highest BCUT2D eigenvalue weighted by Gasteiger charge is 2.60. The van der Waals surface area contributed by atoms with Crippen molar-refractivity contribution in [2.45, 2.75) is 121 Å². The van der Waals surface area contributed by atoms with Gasteiger partial charge in [-0.05, 0) is 6.42 Å². The SMILES string of the molecule is CCCCCCCCCCCCCCCC(=O)[C@@]1(n2cnc3c(=O)[nH]c(=O)[nH]c32)O[C@H](CO)[C@@H](O)[C@H]1O. The lowest BCUT2D eigenvalue weighted by Gasteiger charge is -2.32. The molecule has 11 nitrogen and oxygen atoms in total. The highest BCUT2D eigenvalue weighted by atomic mass is 16.6. The zero-order valence-corrected chi connectivity index (χ0v) is 21.8. The van der Waals surface area contributed by atoms with E-state index in [4.69, 9.17) is 4.74 Å². The van der Waals surface area contributed by atoms with E-state index in [1.54, 1.807) is 0 Å². The molecule has 37 heavy (non-hydrogen) atoms. The molecule has 208 valence electrons. The highest BCUT2D eigenvalue weighted by molar-refractivity contribution is 5.88. The molecule has 5 N–H and O–H groups in total. The summed E-state index contributed by atoms with van der Waals surface area (Å²) >= 11 is 0. The minimum absolute atomic E-state index is 0.0484. The van der Waals surface area contributed by atoms with Gasteiger partial charge in [0, 0.05) is 6.42 Å². The first-order valence-corrected chi connectivity index (χ1v) is 13.7. The number of unbranched alkanes of at least 4 members (excludes halogenated alkanes) is 12. The van der Waals surface area contributed by atoms with Crippen molar-refractivity contribution < 1.29 is 24.9 Å². The molecule has 0 spiro atoms. The Labute approximate surface area is 216 Å². The number of rotatable bonds is 17. The molecule has 3 rings (SSSR count). The first-order chi connectivity index (χ1) is 17.9. The van der Waals surface area contributed by atoms with Crippen LogP contribution in [0.2, 0.25) is 0 Å². The van der Waals surface area contributed by atoms with Crippen LogP contribution in [0.25, 0.3) is 11.2 Å². The molecule has 1 aliphatic heterocycles. The van der Waals surface area contributed by atoms with Gasteiger partial charge in [-0.2, -0.15) is 0 Å². The van der Waals surface area contributed by atoms with Gasteiger partial charge in [0.1, 0.15) is 30.3 Å². The van der Waals surface area contributed by atoms with Gasteiger partial charge in [0.05, 0.1) is 6.61 Å². The van der Waals surface area contributed by atoms with Crippen molar-refractivity contribution in [2.75, 3.05) is 6.61 Å². The van der Waals surface area contributed by atoms with Crippen LogP contribution in [0.1, 0.15) is 96.8 Å². The summed E-state index contributed by atoms with van der Waals surface area (Å²) in [5, 5.41) is 31.0. The van der Waals surface area contributed by atoms with Gasteiger partial charge in [-0.25, -0.2) is 9.78 Å². The van der Waals surface area contributed by atoms with Crippen molar-refractivity contribution in [3.05, 3.63) is 27.2 Å². The van der Waals surface area contributed by atoms with Gasteiger partial charge in [-0.15, -0.1) is 0 Å². The fourth-order valence-corrected chi connectivity index (χ4v) is 5.18. The molecule has 0 aliphatic carbocycles. The van der Waals surface area contributed by atoms with Crippen molar-refractivity contribution in [1.29, 1.82) is 0 Å². The number of carbonyl (C=O) groups is 1. The van der Waals surface area contributed by atoms with E-state index in [0.29, 0.717) is 6.42 Å². The van der Waals surface area contributed by atoms with Gasteiger partial charge in [0.25, 0.3) is 5.56 Å². The van der Waals surface area contributed by atoms with Crippen LogP contribution in [0.3, 0.4) is 0 Å². The van der Waals surface area contributed by atoms with Crippen LogP contribution < -0.4 is 11.2 Å². The molecular weight excluding hydrogens is 480 g/mol. The Balaban J connectivity index is 1.56. The van der Waals surface area contributed by atoms with Gasteiger partial charge < -0.3 is 20.1 Å². The minimum atomic E-state index is -2.13. The summed E-state index contributed by atoms with van der Waals surface area (Å²) in [4.78, 5) is 46.0. The Morgan fingerprint density at radius 2 is 1.54 bits per heavy atom. The monoisotopic (exact) mass is 522 g/mol.